The molecule has 0 atom stereocenters. The summed E-state index contributed by atoms with van der Waals surface area (Å²) in [5.41, 5.74) is 4.44. The summed E-state index contributed by atoms with van der Waals surface area (Å²) in [4.78, 5) is 4.20. The lowest BCUT2D eigenvalue weighted by Crippen LogP contribution is -2.73. The molecule has 0 heterocycles. The summed E-state index contributed by atoms with van der Waals surface area (Å²) >= 11 is 6.14. The second kappa shape index (κ2) is 7.26. The molecule has 0 aliphatic heterocycles. The predicted octanol–water partition coefficient (Wildman–Crippen LogP) is 2.20. The molecule has 0 aromatic heterocycles. The second-order valence-electron chi connectivity index (χ2n) is 4.67. The Balaban J connectivity index is 2.60. The minimum Gasteiger partial charge on any atom is -0.497 e. The van der Waals surface area contributed by atoms with Gasteiger partial charge in [-0.1, -0.05) is 11.6 Å². The van der Waals surface area contributed by atoms with Gasteiger partial charge in [-0.3, -0.25) is 4.99 Å². The Morgan fingerprint density at radius 1 is 1.18 bits per heavy atom. The van der Waals surface area contributed by atoms with Crippen LogP contribution in [0.1, 0.15) is 5.56 Å². The van der Waals surface area contributed by atoms with E-state index in [9.17, 15) is 5.21 Å². The van der Waals surface area contributed by atoms with E-state index in [1.54, 1.807) is 27.3 Å². The van der Waals surface area contributed by atoms with Crippen LogP contribution in [-0.2, 0) is 0 Å². The van der Waals surface area contributed by atoms with Crippen LogP contribution in [0.15, 0.2) is 41.4 Å². The van der Waals surface area contributed by atoms with E-state index in [0.717, 1.165) is 28.0 Å². The molecule has 5 nitrogen and oxygen atoms in total. The number of methoxy groups -OCH3 is 1. The van der Waals surface area contributed by atoms with Gasteiger partial charge < -0.3 is 10.1 Å². The fraction of sp³-hybridized carbons (Fsp3) is 0.188. The molecule has 2 aromatic carbocycles. The molecule has 0 bridgehead atoms. The number of benzene rings is 2. The standard InChI is InChI=1S/C16H18ClN3O2/c1-18-16(19-2)12-4-10(6-14(7-12)20-21)11-5-13(17)9-15(8-11)22-3/h4-9,20-21H,1-3H3,(H,18,19)/p+1. The van der Waals surface area contributed by atoms with E-state index in [1.807, 2.05) is 30.3 Å². The molecular weight excluding hydrogens is 302 g/mol. The maximum atomic E-state index is 9.38. The van der Waals surface area contributed by atoms with E-state index in [-0.39, 0.29) is 0 Å². The molecule has 0 aliphatic rings. The van der Waals surface area contributed by atoms with Crippen molar-refractivity contribution in [3.05, 3.63) is 47.0 Å². The van der Waals surface area contributed by atoms with Gasteiger partial charge in [0.1, 0.15) is 11.6 Å². The molecule has 0 fully saturated rings. The number of nitrogens with zero attached hydrogens (tertiary/aromatic N) is 1. The minimum atomic E-state index is 0.590. The largest absolute Gasteiger partial charge is 0.497 e. The molecule has 116 valence electrons. The first kappa shape index (κ1) is 16.3. The van der Waals surface area contributed by atoms with Gasteiger partial charge in [0, 0.05) is 36.8 Å². The van der Waals surface area contributed by atoms with Crippen molar-refractivity contribution >= 4 is 23.1 Å². The Morgan fingerprint density at radius 2 is 1.91 bits per heavy atom. The highest BCUT2D eigenvalue weighted by Crippen LogP contribution is 2.30. The Hall–Kier alpha value is -2.08. The first-order valence-corrected chi connectivity index (χ1v) is 7.11. The number of amidine groups is 1. The Labute approximate surface area is 134 Å². The highest BCUT2D eigenvalue weighted by molar-refractivity contribution is 6.31. The quantitative estimate of drug-likeness (QED) is 0.350. The third-order valence-corrected chi connectivity index (χ3v) is 3.50. The number of hydrogen-bond acceptors (Lipinski definition) is 3. The molecule has 2 aromatic rings. The summed E-state index contributed by atoms with van der Waals surface area (Å²) in [7, 11) is 5.12. The molecule has 2 rings (SSSR count). The van der Waals surface area contributed by atoms with Crippen molar-refractivity contribution in [2.24, 2.45) is 4.99 Å². The highest BCUT2D eigenvalue weighted by atomic mass is 35.5. The molecule has 0 radical (unpaired) electrons. The molecular formula is C16H19ClN3O2+. The summed E-state index contributed by atoms with van der Waals surface area (Å²) in [6, 6.07) is 11.2. The number of quaternary nitrogens is 1. The number of halogens is 1. The number of aliphatic imine (C=N–C) groups is 1. The van der Waals surface area contributed by atoms with Crippen LogP contribution in [0.2, 0.25) is 5.02 Å². The Kier molecular flexibility index (Phi) is 5.38. The Bertz CT molecular complexity index is 702. The zero-order chi connectivity index (χ0) is 16.1. The van der Waals surface area contributed by atoms with Gasteiger partial charge in [0.15, 0.2) is 5.69 Å². The first-order chi connectivity index (χ1) is 10.6. The zero-order valence-corrected chi connectivity index (χ0v) is 13.5. The van der Waals surface area contributed by atoms with Crippen LogP contribution in [-0.4, -0.2) is 32.2 Å². The summed E-state index contributed by atoms with van der Waals surface area (Å²) < 4.78 is 5.26. The van der Waals surface area contributed by atoms with Gasteiger partial charge in [-0.2, -0.15) is 5.48 Å². The third kappa shape index (κ3) is 3.57. The van der Waals surface area contributed by atoms with E-state index in [0.29, 0.717) is 16.5 Å². The van der Waals surface area contributed by atoms with Gasteiger partial charge in [-0.25, -0.2) is 5.21 Å². The average molecular weight is 321 g/mol. The van der Waals surface area contributed by atoms with Gasteiger partial charge in [0.05, 0.1) is 7.11 Å². The van der Waals surface area contributed by atoms with Gasteiger partial charge >= 0.3 is 0 Å². The fourth-order valence-corrected chi connectivity index (χ4v) is 2.49. The predicted molar refractivity (Wildman–Crippen MR) is 88.3 cm³/mol. The van der Waals surface area contributed by atoms with Crippen molar-refractivity contribution < 1.29 is 15.4 Å². The average Bonchev–Trinajstić information content (AvgIpc) is 2.55. The zero-order valence-electron chi connectivity index (χ0n) is 12.7. The van der Waals surface area contributed by atoms with Crippen molar-refractivity contribution in [1.29, 1.82) is 0 Å². The number of ether oxygens (including phenoxy) is 1. The van der Waals surface area contributed by atoms with E-state index in [1.165, 1.54) is 0 Å². The van der Waals surface area contributed by atoms with Crippen LogP contribution in [0.5, 0.6) is 5.75 Å². The summed E-state index contributed by atoms with van der Waals surface area (Å²) in [5, 5.41) is 13.0. The van der Waals surface area contributed by atoms with E-state index in [4.69, 9.17) is 16.3 Å². The van der Waals surface area contributed by atoms with Crippen molar-refractivity contribution in [2.75, 3.05) is 21.2 Å². The minimum absolute atomic E-state index is 0.590. The van der Waals surface area contributed by atoms with Crippen molar-refractivity contribution in [3.8, 4) is 16.9 Å². The molecule has 0 amide bonds. The van der Waals surface area contributed by atoms with Crippen LogP contribution in [0.4, 0.5) is 5.69 Å². The molecule has 0 spiro atoms. The summed E-state index contributed by atoms with van der Waals surface area (Å²) in [6.45, 7) is 0. The Morgan fingerprint density at radius 3 is 2.50 bits per heavy atom. The molecule has 0 saturated heterocycles. The highest BCUT2D eigenvalue weighted by Gasteiger charge is 2.10. The van der Waals surface area contributed by atoms with Gasteiger partial charge in [0.2, 0.25) is 0 Å². The van der Waals surface area contributed by atoms with E-state index >= 15 is 0 Å². The molecule has 4 N–H and O–H groups in total. The van der Waals surface area contributed by atoms with E-state index < -0.39 is 0 Å². The molecule has 22 heavy (non-hydrogen) atoms. The number of hydrogen-bond donors (Lipinski definition) is 3. The van der Waals surface area contributed by atoms with Gasteiger partial charge in [0.25, 0.3) is 0 Å². The van der Waals surface area contributed by atoms with E-state index in [2.05, 4.69) is 10.3 Å². The number of nitrogens with one attached hydrogen (secondary N) is 1. The van der Waals surface area contributed by atoms with Gasteiger partial charge in [-0.05, 0) is 35.4 Å². The van der Waals surface area contributed by atoms with Crippen LogP contribution in [0.3, 0.4) is 0 Å². The lowest BCUT2D eigenvalue weighted by molar-refractivity contribution is -0.825. The van der Waals surface area contributed by atoms with Crippen LogP contribution < -0.4 is 15.5 Å². The van der Waals surface area contributed by atoms with Crippen molar-refractivity contribution in [2.45, 2.75) is 0 Å². The second-order valence-corrected chi connectivity index (χ2v) is 5.11. The fourth-order valence-electron chi connectivity index (χ4n) is 2.26. The van der Waals surface area contributed by atoms with Crippen LogP contribution >= 0.6 is 11.6 Å². The van der Waals surface area contributed by atoms with Crippen molar-refractivity contribution in [1.82, 2.24) is 5.32 Å². The summed E-state index contributed by atoms with van der Waals surface area (Å²) in [5.74, 6) is 1.42. The van der Waals surface area contributed by atoms with Crippen molar-refractivity contribution in [3.63, 3.8) is 0 Å². The SMILES string of the molecule is CN=C(NC)c1cc([NH2+]O)cc(-c2cc(Cl)cc(OC)c2)c1. The first-order valence-electron chi connectivity index (χ1n) is 6.73. The monoisotopic (exact) mass is 320 g/mol. The molecule has 0 aliphatic carbocycles. The maximum absolute atomic E-state index is 9.38. The molecule has 6 heteroatoms. The summed E-state index contributed by atoms with van der Waals surface area (Å²) in [6.07, 6.45) is 0. The number of nitrogens with two attached hydrogens (primary N) is 1. The lowest BCUT2D eigenvalue weighted by Gasteiger charge is -2.10. The molecule has 0 saturated carbocycles. The normalized spacial score (nSPS) is 11.4. The van der Waals surface area contributed by atoms with Gasteiger partial charge in [-0.15, -0.1) is 0 Å². The smallest absolute Gasteiger partial charge is 0.163 e. The lowest BCUT2D eigenvalue weighted by atomic mass is 10.0. The topological polar surface area (TPSA) is 70.5 Å². The maximum Gasteiger partial charge on any atom is 0.163 e. The molecule has 0 unspecified atom stereocenters. The third-order valence-electron chi connectivity index (χ3n) is 3.28. The van der Waals surface area contributed by atoms with Crippen LogP contribution in [0.25, 0.3) is 11.1 Å². The van der Waals surface area contributed by atoms with Crippen LogP contribution in [0, 0.1) is 0 Å². The number of rotatable bonds is 4.